The molecule has 0 radical (unpaired) electrons. The van der Waals surface area contributed by atoms with Crippen LogP contribution in [0.5, 0.6) is 5.75 Å². The number of benzene rings is 1. The van der Waals surface area contributed by atoms with Gasteiger partial charge in [-0.1, -0.05) is 19.1 Å². The lowest BCUT2D eigenvalue weighted by molar-refractivity contribution is -0.137. The maximum absolute atomic E-state index is 11.9. The van der Waals surface area contributed by atoms with Gasteiger partial charge >= 0.3 is 12.6 Å². The summed E-state index contributed by atoms with van der Waals surface area (Å²) in [6.07, 6.45) is 0.00898. The second-order valence-electron chi connectivity index (χ2n) is 3.45. The largest absolute Gasteiger partial charge is 0.481 e. The highest BCUT2D eigenvalue weighted by molar-refractivity contribution is 5.67. The van der Waals surface area contributed by atoms with E-state index in [4.69, 9.17) is 5.11 Å². The number of alkyl halides is 2. The molecule has 16 heavy (non-hydrogen) atoms. The van der Waals surface area contributed by atoms with Crippen LogP contribution in [0, 0.1) is 0 Å². The van der Waals surface area contributed by atoms with E-state index in [-0.39, 0.29) is 18.1 Å². The van der Waals surface area contributed by atoms with E-state index in [1.807, 2.05) is 0 Å². The molecule has 88 valence electrons. The number of hydrogen-bond donors (Lipinski definition) is 1. The predicted octanol–water partition coefficient (Wildman–Crippen LogP) is 2.87. The van der Waals surface area contributed by atoms with Crippen molar-refractivity contribution >= 4 is 5.97 Å². The van der Waals surface area contributed by atoms with Crippen LogP contribution in [-0.2, 0) is 4.79 Å². The van der Waals surface area contributed by atoms with E-state index in [1.165, 1.54) is 12.1 Å². The molecule has 1 aromatic carbocycles. The summed E-state index contributed by atoms with van der Waals surface area (Å²) in [5, 5.41) is 8.59. The summed E-state index contributed by atoms with van der Waals surface area (Å²) >= 11 is 0. The van der Waals surface area contributed by atoms with E-state index < -0.39 is 12.6 Å². The molecule has 5 heteroatoms. The molecular formula is C11H12F2O3. The van der Waals surface area contributed by atoms with Crippen LogP contribution in [0.4, 0.5) is 8.78 Å². The molecular weight excluding hydrogens is 218 g/mol. The first-order valence-electron chi connectivity index (χ1n) is 4.75. The minimum absolute atomic E-state index is 0.00898. The van der Waals surface area contributed by atoms with Crippen LogP contribution in [0.15, 0.2) is 24.3 Å². The average Bonchev–Trinajstić information content (AvgIpc) is 2.16. The van der Waals surface area contributed by atoms with Gasteiger partial charge in [0.05, 0.1) is 6.42 Å². The monoisotopic (exact) mass is 230 g/mol. The molecule has 1 aromatic rings. The molecule has 0 saturated heterocycles. The summed E-state index contributed by atoms with van der Waals surface area (Å²) in [4.78, 5) is 10.5. The average molecular weight is 230 g/mol. The summed E-state index contributed by atoms with van der Waals surface area (Å²) in [5.41, 5.74) is 0.781. The van der Waals surface area contributed by atoms with Gasteiger partial charge in [0.15, 0.2) is 0 Å². The third-order valence-corrected chi connectivity index (χ3v) is 2.16. The SMILES string of the molecule is C[C@@H](CC(=O)O)c1ccc(OC(F)F)cc1. The van der Waals surface area contributed by atoms with E-state index in [0.29, 0.717) is 0 Å². The Morgan fingerprint density at radius 1 is 1.38 bits per heavy atom. The van der Waals surface area contributed by atoms with E-state index in [1.54, 1.807) is 19.1 Å². The molecule has 0 heterocycles. The van der Waals surface area contributed by atoms with Crippen molar-refractivity contribution in [1.29, 1.82) is 0 Å². The maximum atomic E-state index is 11.9. The number of rotatable bonds is 5. The Hall–Kier alpha value is -1.65. The number of carboxylic acid groups (broad SMARTS) is 1. The maximum Gasteiger partial charge on any atom is 0.387 e. The zero-order valence-electron chi connectivity index (χ0n) is 8.69. The van der Waals surface area contributed by atoms with Gasteiger partial charge in [-0.2, -0.15) is 8.78 Å². The molecule has 0 unspecified atom stereocenters. The molecule has 1 N–H and O–H groups in total. The summed E-state index contributed by atoms with van der Waals surface area (Å²) < 4.78 is 27.9. The zero-order chi connectivity index (χ0) is 12.1. The number of halogens is 2. The Balaban J connectivity index is 2.66. The lowest BCUT2D eigenvalue weighted by Gasteiger charge is -2.10. The fourth-order valence-electron chi connectivity index (χ4n) is 1.36. The Kier molecular flexibility index (Phi) is 4.22. The first-order chi connectivity index (χ1) is 7.49. The molecule has 0 aliphatic rings. The van der Waals surface area contributed by atoms with Gasteiger partial charge in [0, 0.05) is 0 Å². The van der Waals surface area contributed by atoms with Crippen molar-refractivity contribution in [3.05, 3.63) is 29.8 Å². The first-order valence-corrected chi connectivity index (χ1v) is 4.75. The van der Waals surface area contributed by atoms with Crippen molar-refractivity contribution in [2.75, 3.05) is 0 Å². The number of aliphatic carboxylic acids is 1. The topological polar surface area (TPSA) is 46.5 Å². The van der Waals surface area contributed by atoms with Crippen molar-refractivity contribution < 1.29 is 23.4 Å². The first kappa shape index (κ1) is 12.4. The Morgan fingerprint density at radius 3 is 2.38 bits per heavy atom. The van der Waals surface area contributed by atoms with Crippen molar-refractivity contribution in [2.24, 2.45) is 0 Å². The highest BCUT2D eigenvalue weighted by Gasteiger charge is 2.10. The van der Waals surface area contributed by atoms with Crippen LogP contribution in [-0.4, -0.2) is 17.7 Å². The van der Waals surface area contributed by atoms with Crippen LogP contribution < -0.4 is 4.74 Å². The third-order valence-electron chi connectivity index (χ3n) is 2.16. The van der Waals surface area contributed by atoms with Gasteiger partial charge in [0.1, 0.15) is 5.75 Å². The van der Waals surface area contributed by atoms with Crippen molar-refractivity contribution in [2.45, 2.75) is 25.9 Å². The van der Waals surface area contributed by atoms with Gasteiger partial charge in [-0.15, -0.1) is 0 Å². The van der Waals surface area contributed by atoms with Crippen molar-refractivity contribution in [1.82, 2.24) is 0 Å². The smallest absolute Gasteiger partial charge is 0.387 e. The highest BCUT2D eigenvalue weighted by atomic mass is 19.3. The van der Waals surface area contributed by atoms with Gasteiger partial charge in [-0.05, 0) is 23.6 Å². The summed E-state index contributed by atoms with van der Waals surface area (Å²) in [6, 6.07) is 5.98. The summed E-state index contributed by atoms with van der Waals surface area (Å²) in [7, 11) is 0. The molecule has 0 spiro atoms. The van der Waals surface area contributed by atoms with Crippen molar-refractivity contribution in [3.63, 3.8) is 0 Å². The standard InChI is InChI=1S/C11H12F2O3/c1-7(6-10(14)15)8-2-4-9(5-3-8)16-11(12)13/h2-5,7,11H,6H2,1H3,(H,14,15)/t7-/m0/s1. The van der Waals surface area contributed by atoms with Gasteiger partial charge in [0.25, 0.3) is 0 Å². The summed E-state index contributed by atoms with van der Waals surface area (Å²) in [5.74, 6) is -0.972. The minimum atomic E-state index is -2.85. The van der Waals surface area contributed by atoms with Crippen LogP contribution >= 0.6 is 0 Å². The molecule has 0 fully saturated rings. The van der Waals surface area contributed by atoms with Gasteiger partial charge in [0.2, 0.25) is 0 Å². The number of carboxylic acids is 1. The summed E-state index contributed by atoms with van der Waals surface area (Å²) in [6.45, 7) is -1.08. The van der Waals surface area contributed by atoms with Crippen LogP contribution in [0.1, 0.15) is 24.8 Å². The quantitative estimate of drug-likeness (QED) is 0.845. The van der Waals surface area contributed by atoms with Crippen LogP contribution in [0.25, 0.3) is 0 Å². The van der Waals surface area contributed by atoms with Gasteiger partial charge in [-0.3, -0.25) is 4.79 Å². The fourth-order valence-corrected chi connectivity index (χ4v) is 1.36. The minimum Gasteiger partial charge on any atom is -0.481 e. The number of hydrogen-bond acceptors (Lipinski definition) is 2. The lowest BCUT2D eigenvalue weighted by atomic mass is 9.98. The second kappa shape index (κ2) is 5.44. The molecule has 0 aromatic heterocycles. The molecule has 0 aliphatic carbocycles. The van der Waals surface area contributed by atoms with Crippen molar-refractivity contribution in [3.8, 4) is 5.75 Å². The normalized spacial score (nSPS) is 12.5. The highest BCUT2D eigenvalue weighted by Crippen LogP contribution is 2.22. The van der Waals surface area contributed by atoms with Crippen LogP contribution in [0.3, 0.4) is 0 Å². The zero-order valence-corrected chi connectivity index (χ0v) is 8.69. The Labute approximate surface area is 91.7 Å². The Bertz CT molecular complexity index is 349. The molecule has 3 nitrogen and oxygen atoms in total. The molecule has 0 bridgehead atoms. The molecule has 0 amide bonds. The van der Waals surface area contributed by atoms with E-state index >= 15 is 0 Å². The van der Waals surface area contributed by atoms with E-state index in [2.05, 4.69) is 4.74 Å². The lowest BCUT2D eigenvalue weighted by Crippen LogP contribution is -2.04. The third kappa shape index (κ3) is 3.84. The molecule has 0 saturated carbocycles. The predicted molar refractivity (Wildman–Crippen MR) is 53.7 cm³/mol. The van der Waals surface area contributed by atoms with E-state index in [0.717, 1.165) is 5.56 Å². The molecule has 1 atom stereocenters. The molecule has 1 rings (SSSR count). The van der Waals surface area contributed by atoms with Gasteiger partial charge < -0.3 is 9.84 Å². The van der Waals surface area contributed by atoms with Crippen LogP contribution in [0.2, 0.25) is 0 Å². The fraction of sp³-hybridized carbons (Fsp3) is 0.364. The second-order valence-corrected chi connectivity index (χ2v) is 3.45. The molecule has 0 aliphatic heterocycles. The number of carbonyl (C=O) groups is 1. The number of ether oxygens (including phenoxy) is 1. The Morgan fingerprint density at radius 2 is 1.94 bits per heavy atom. The van der Waals surface area contributed by atoms with E-state index in [9.17, 15) is 13.6 Å². The van der Waals surface area contributed by atoms with Gasteiger partial charge in [-0.25, -0.2) is 0 Å².